The predicted octanol–water partition coefficient (Wildman–Crippen LogP) is 2.80. The third-order valence-electron chi connectivity index (χ3n) is 11.8. The normalized spacial score (nSPS) is 18.8. The molecule has 2 aromatic carbocycles. The number of benzene rings is 2. The van der Waals surface area contributed by atoms with Crippen LogP contribution in [0.4, 0.5) is 0 Å². The van der Waals surface area contributed by atoms with E-state index in [1.54, 1.807) is 0 Å². The minimum Gasteiger partial charge on any atom is -0.393 e. The van der Waals surface area contributed by atoms with Gasteiger partial charge in [0.2, 0.25) is 23.6 Å². The van der Waals surface area contributed by atoms with Crippen LogP contribution in [0.2, 0.25) is 0 Å². The highest BCUT2D eigenvalue weighted by molar-refractivity contribution is 5.89. The summed E-state index contributed by atoms with van der Waals surface area (Å²) in [5.74, 6) is -2.66. The molecule has 322 valence electrons. The zero-order valence-corrected chi connectivity index (χ0v) is 35.3. The van der Waals surface area contributed by atoms with E-state index < -0.39 is 30.0 Å². The maximum Gasteiger partial charge on any atom is 0.242 e. The minimum absolute atomic E-state index is 0.0853. The van der Waals surface area contributed by atoms with Gasteiger partial charge in [0.05, 0.1) is 32.5 Å². The van der Waals surface area contributed by atoms with E-state index in [4.69, 9.17) is 9.47 Å². The van der Waals surface area contributed by atoms with Gasteiger partial charge < -0.3 is 35.8 Å². The molecular weight excluding hydrogens is 737 g/mol. The Labute approximate surface area is 346 Å². The van der Waals surface area contributed by atoms with Crippen molar-refractivity contribution < 1.29 is 33.8 Å². The van der Waals surface area contributed by atoms with Gasteiger partial charge in [-0.1, -0.05) is 101 Å². The summed E-state index contributed by atoms with van der Waals surface area (Å²) in [4.78, 5) is 60.0. The van der Waals surface area contributed by atoms with E-state index >= 15 is 0 Å². The van der Waals surface area contributed by atoms with E-state index in [9.17, 15) is 24.3 Å². The molecule has 13 heteroatoms. The Bertz CT molecular complexity index is 1390. The predicted molar refractivity (Wildman–Crippen MR) is 226 cm³/mol. The Balaban J connectivity index is 1.46. The Kier molecular flexibility index (Phi) is 20.6. The summed E-state index contributed by atoms with van der Waals surface area (Å²) >= 11 is 0. The number of nitrogens with one attached hydrogen (secondary N) is 4. The molecule has 2 fully saturated rings. The van der Waals surface area contributed by atoms with Crippen LogP contribution in [0.5, 0.6) is 0 Å². The van der Waals surface area contributed by atoms with Gasteiger partial charge in [-0.2, -0.15) is 0 Å². The number of nitrogens with zero attached hydrogens (tertiary/aromatic N) is 2. The van der Waals surface area contributed by atoms with E-state index in [0.29, 0.717) is 78.3 Å². The molecule has 2 saturated heterocycles. The molecule has 13 nitrogen and oxygen atoms in total. The monoisotopic (exact) mass is 807 g/mol. The average Bonchev–Trinajstić information content (AvgIpc) is 3.24. The van der Waals surface area contributed by atoms with E-state index in [2.05, 4.69) is 31.1 Å². The van der Waals surface area contributed by atoms with Crippen LogP contribution in [-0.2, 0) is 41.5 Å². The Morgan fingerprint density at radius 1 is 0.603 bits per heavy atom. The molecule has 1 unspecified atom stereocenters. The summed E-state index contributed by atoms with van der Waals surface area (Å²) in [6, 6.07) is 17.8. The van der Waals surface area contributed by atoms with Crippen LogP contribution in [-0.4, -0.2) is 136 Å². The first-order valence-electron chi connectivity index (χ1n) is 21.6. The summed E-state index contributed by atoms with van der Waals surface area (Å²) in [6.07, 6.45) is 1.23. The molecule has 58 heavy (non-hydrogen) atoms. The zero-order chi connectivity index (χ0) is 41.7. The lowest BCUT2D eigenvalue weighted by Crippen LogP contribution is -2.53. The van der Waals surface area contributed by atoms with Crippen LogP contribution in [0, 0.1) is 23.7 Å². The van der Waals surface area contributed by atoms with Crippen LogP contribution in [0.25, 0.3) is 0 Å². The standard InChI is InChI=1S/C45H70N6O7/c1-5-33(3)40(44(55)46-17-19-50-21-25-57-26-22-50)48-42(53)37(29-35-13-9-7-10-14-35)31-39(52)32-38(30-36-15-11-8-12-16-36)43(54)49-41(34(4)6-2)45(56)47-18-20-51-23-27-58-28-24-51/h7-16,33-34,37-41,52H,5-6,17-32H2,1-4H3,(H,46,55)(H,47,56)(H,48,53)(H,49,54)/t33-,34-,37+,38+,39?,40-,41+/m0/s1. The fourth-order valence-corrected chi connectivity index (χ4v) is 7.61. The summed E-state index contributed by atoms with van der Waals surface area (Å²) in [7, 11) is 0. The quantitative estimate of drug-likeness (QED) is 0.108. The topological polar surface area (TPSA) is 162 Å². The van der Waals surface area contributed by atoms with Gasteiger partial charge in [-0.25, -0.2) is 0 Å². The van der Waals surface area contributed by atoms with Gasteiger partial charge >= 0.3 is 0 Å². The number of ether oxygens (including phenoxy) is 2. The molecule has 0 bridgehead atoms. The third-order valence-corrected chi connectivity index (χ3v) is 11.8. The van der Waals surface area contributed by atoms with Gasteiger partial charge in [-0.15, -0.1) is 0 Å². The first-order valence-corrected chi connectivity index (χ1v) is 21.6. The number of aliphatic hydroxyl groups is 1. The molecule has 2 aliphatic rings. The summed E-state index contributed by atoms with van der Waals surface area (Å²) < 4.78 is 10.9. The fourth-order valence-electron chi connectivity index (χ4n) is 7.61. The van der Waals surface area contributed by atoms with E-state index in [0.717, 1.165) is 37.3 Å². The first-order chi connectivity index (χ1) is 28.1. The van der Waals surface area contributed by atoms with Gasteiger partial charge in [0, 0.05) is 64.2 Å². The van der Waals surface area contributed by atoms with Crippen molar-refractivity contribution in [2.24, 2.45) is 23.7 Å². The van der Waals surface area contributed by atoms with Gasteiger partial charge in [0.15, 0.2) is 0 Å². The Morgan fingerprint density at radius 3 is 1.31 bits per heavy atom. The number of hydrogen-bond acceptors (Lipinski definition) is 9. The van der Waals surface area contributed by atoms with Crippen molar-refractivity contribution in [2.45, 2.75) is 84.4 Å². The van der Waals surface area contributed by atoms with Crippen molar-refractivity contribution in [1.29, 1.82) is 0 Å². The number of aliphatic hydroxyl groups excluding tert-OH is 1. The number of rotatable bonds is 24. The van der Waals surface area contributed by atoms with Crippen LogP contribution in [0.1, 0.15) is 64.5 Å². The van der Waals surface area contributed by atoms with Crippen LogP contribution < -0.4 is 21.3 Å². The van der Waals surface area contributed by atoms with Crippen molar-refractivity contribution >= 4 is 23.6 Å². The molecule has 4 rings (SSSR count). The molecule has 2 aliphatic heterocycles. The van der Waals surface area contributed by atoms with Crippen molar-refractivity contribution in [1.82, 2.24) is 31.1 Å². The van der Waals surface area contributed by atoms with Crippen molar-refractivity contribution in [3.8, 4) is 0 Å². The fraction of sp³-hybridized carbons (Fsp3) is 0.644. The van der Waals surface area contributed by atoms with Crippen molar-refractivity contribution in [3.05, 3.63) is 71.8 Å². The second kappa shape index (κ2) is 25.6. The minimum atomic E-state index is -1.02. The first kappa shape index (κ1) is 46.8. The van der Waals surface area contributed by atoms with Crippen LogP contribution in [0.15, 0.2) is 60.7 Å². The third kappa shape index (κ3) is 16.1. The summed E-state index contributed by atoms with van der Waals surface area (Å²) in [5, 5.41) is 24.0. The number of carbonyl (C=O) groups excluding carboxylic acids is 4. The van der Waals surface area contributed by atoms with E-state index in [1.165, 1.54) is 0 Å². The molecule has 0 aliphatic carbocycles. The van der Waals surface area contributed by atoms with Gasteiger partial charge in [-0.05, 0) is 48.6 Å². The highest BCUT2D eigenvalue weighted by atomic mass is 16.5. The lowest BCUT2D eigenvalue weighted by Gasteiger charge is -2.30. The lowest BCUT2D eigenvalue weighted by atomic mass is 9.86. The lowest BCUT2D eigenvalue weighted by molar-refractivity contribution is -0.134. The van der Waals surface area contributed by atoms with Gasteiger partial charge in [0.25, 0.3) is 0 Å². The number of morpholine rings is 2. The molecule has 0 aromatic heterocycles. The van der Waals surface area contributed by atoms with E-state index in [-0.39, 0.29) is 48.3 Å². The Hall–Kier alpha value is -3.88. The number of amides is 4. The van der Waals surface area contributed by atoms with E-state index in [1.807, 2.05) is 88.4 Å². The van der Waals surface area contributed by atoms with Crippen LogP contribution in [0.3, 0.4) is 0 Å². The maximum absolute atomic E-state index is 14.2. The average molecular weight is 807 g/mol. The summed E-state index contributed by atoms with van der Waals surface area (Å²) in [5.41, 5.74) is 1.86. The SMILES string of the molecule is CC[C@H](C)[C@H](NC(=O)[C@H](Cc1ccccc1)CC(O)C[C@@H](Cc1ccccc1)C(=O)N[C@@H](C(=O)NCCN1CCOCC1)[C@@H](C)CC)C(=O)NCCN1CCOCC1. The molecule has 2 heterocycles. The molecule has 7 atom stereocenters. The highest BCUT2D eigenvalue weighted by Gasteiger charge is 2.34. The largest absolute Gasteiger partial charge is 0.393 e. The number of carbonyl (C=O) groups is 4. The smallest absolute Gasteiger partial charge is 0.242 e. The second-order valence-electron chi connectivity index (χ2n) is 16.1. The van der Waals surface area contributed by atoms with Crippen molar-refractivity contribution in [2.75, 3.05) is 78.8 Å². The molecule has 5 N–H and O–H groups in total. The molecule has 4 amide bonds. The maximum atomic E-state index is 14.2. The Morgan fingerprint density at radius 2 is 0.966 bits per heavy atom. The highest BCUT2D eigenvalue weighted by Crippen LogP contribution is 2.23. The van der Waals surface area contributed by atoms with Crippen molar-refractivity contribution in [3.63, 3.8) is 0 Å². The molecular formula is C45H70N6O7. The van der Waals surface area contributed by atoms with Crippen LogP contribution >= 0.6 is 0 Å². The molecule has 0 spiro atoms. The molecule has 0 saturated carbocycles. The number of hydrogen-bond donors (Lipinski definition) is 5. The summed E-state index contributed by atoms with van der Waals surface area (Å²) in [6.45, 7) is 16.2. The van der Waals surface area contributed by atoms with Gasteiger partial charge in [-0.3, -0.25) is 29.0 Å². The molecule has 0 radical (unpaired) electrons. The zero-order valence-electron chi connectivity index (χ0n) is 35.3. The van der Waals surface area contributed by atoms with Gasteiger partial charge in [0.1, 0.15) is 12.1 Å². The second-order valence-corrected chi connectivity index (χ2v) is 16.1. The molecule has 2 aromatic rings.